The highest BCUT2D eigenvalue weighted by atomic mass is 32.2. The van der Waals surface area contributed by atoms with Gasteiger partial charge in [-0.1, -0.05) is 18.2 Å². The maximum Gasteiger partial charge on any atom is 0.153 e. The Morgan fingerprint density at radius 3 is 2.60 bits per heavy atom. The molecule has 2 aromatic rings. The standard InChI is InChI=1S/C14H13N3O2S/c15-9-11-10-16-13-4-2-1-3-12(13)14(11)17-5-7-20(18,19)8-6-17/h1-4,10H,5-8H2. The van der Waals surface area contributed by atoms with Gasteiger partial charge in [-0.3, -0.25) is 4.98 Å². The summed E-state index contributed by atoms with van der Waals surface area (Å²) in [6.45, 7) is 0.843. The van der Waals surface area contributed by atoms with Gasteiger partial charge in [0.2, 0.25) is 0 Å². The van der Waals surface area contributed by atoms with Crippen LogP contribution in [0, 0.1) is 11.3 Å². The van der Waals surface area contributed by atoms with Gasteiger partial charge in [0.25, 0.3) is 0 Å². The van der Waals surface area contributed by atoms with E-state index in [1.807, 2.05) is 29.2 Å². The molecule has 1 aliphatic heterocycles. The van der Waals surface area contributed by atoms with Crippen LogP contribution in [-0.4, -0.2) is 38.0 Å². The number of sulfone groups is 1. The van der Waals surface area contributed by atoms with Crippen molar-refractivity contribution in [1.29, 1.82) is 5.26 Å². The maximum atomic E-state index is 11.5. The minimum absolute atomic E-state index is 0.133. The number of fused-ring (bicyclic) bond motifs is 1. The average molecular weight is 287 g/mol. The molecule has 1 aromatic heterocycles. The van der Waals surface area contributed by atoms with Crippen LogP contribution in [-0.2, 0) is 9.84 Å². The zero-order valence-electron chi connectivity index (χ0n) is 10.8. The van der Waals surface area contributed by atoms with Crippen molar-refractivity contribution in [3.05, 3.63) is 36.0 Å². The largest absolute Gasteiger partial charge is 0.368 e. The molecule has 0 atom stereocenters. The normalized spacial score (nSPS) is 17.9. The molecule has 102 valence electrons. The SMILES string of the molecule is N#Cc1cnc2ccccc2c1N1CCS(=O)(=O)CC1. The molecular weight excluding hydrogens is 274 g/mol. The monoisotopic (exact) mass is 287 g/mol. The molecule has 1 saturated heterocycles. The molecule has 1 fully saturated rings. The van der Waals surface area contributed by atoms with E-state index in [1.165, 1.54) is 0 Å². The first kappa shape index (κ1) is 12.9. The van der Waals surface area contributed by atoms with E-state index in [2.05, 4.69) is 11.1 Å². The highest BCUT2D eigenvalue weighted by Crippen LogP contribution is 2.30. The number of aromatic nitrogens is 1. The zero-order valence-corrected chi connectivity index (χ0v) is 11.6. The summed E-state index contributed by atoms with van der Waals surface area (Å²) in [7, 11) is -2.94. The van der Waals surface area contributed by atoms with Crippen molar-refractivity contribution in [2.45, 2.75) is 0 Å². The van der Waals surface area contributed by atoms with Gasteiger partial charge in [0.1, 0.15) is 6.07 Å². The van der Waals surface area contributed by atoms with Crippen LogP contribution in [0.2, 0.25) is 0 Å². The van der Waals surface area contributed by atoms with E-state index in [9.17, 15) is 13.7 Å². The van der Waals surface area contributed by atoms with E-state index in [0.29, 0.717) is 18.7 Å². The van der Waals surface area contributed by atoms with Gasteiger partial charge in [-0.05, 0) is 6.07 Å². The molecule has 6 heteroatoms. The molecule has 3 rings (SSSR count). The molecule has 0 spiro atoms. The van der Waals surface area contributed by atoms with Crippen molar-refractivity contribution < 1.29 is 8.42 Å². The lowest BCUT2D eigenvalue weighted by atomic mass is 10.1. The molecular formula is C14H13N3O2S. The van der Waals surface area contributed by atoms with Gasteiger partial charge < -0.3 is 4.90 Å². The second kappa shape index (κ2) is 4.76. The first-order chi connectivity index (χ1) is 9.61. The average Bonchev–Trinajstić information content (AvgIpc) is 2.46. The summed E-state index contributed by atoms with van der Waals surface area (Å²) in [4.78, 5) is 6.24. The number of rotatable bonds is 1. The van der Waals surface area contributed by atoms with Crippen molar-refractivity contribution in [3.63, 3.8) is 0 Å². The maximum absolute atomic E-state index is 11.5. The van der Waals surface area contributed by atoms with Gasteiger partial charge in [0.15, 0.2) is 9.84 Å². The number of nitrogens with zero attached hydrogens (tertiary/aromatic N) is 3. The van der Waals surface area contributed by atoms with Gasteiger partial charge in [-0.15, -0.1) is 0 Å². The molecule has 0 amide bonds. The quantitative estimate of drug-likeness (QED) is 0.791. The number of hydrogen-bond acceptors (Lipinski definition) is 5. The molecule has 5 nitrogen and oxygen atoms in total. The van der Waals surface area contributed by atoms with Gasteiger partial charge in [0, 0.05) is 24.7 Å². The topological polar surface area (TPSA) is 74.1 Å². The zero-order chi connectivity index (χ0) is 14.2. The summed E-state index contributed by atoms with van der Waals surface area (Å²) in [5.74, 6) is 0.267. The predicted molar refractivity (Wildman–Crippen MR) is 77.3 cm³/mol. The summed E-state index contributed by atoms with van der Waals surface area (Å²) in [6.07, 6.45) is 1.56. The van der Waals surface area contributed by atoms with Crippen molar-refractivity contribution in [3.8, 4) is 6.07 Å². The van der Waals surface area contributed by atoms with Crippen LogP contribution in [0.15, 0.2) is 30.5 Å². The van der Waals surface area contributed by atoms with E-state index >= 15 is 0 Å². The van der Waals surface area contributed by atoms with E-state index < -0.39 is 9.84 Å². The second-order valence-corrected chi connectivity index (χ2v) is 7.09. The van der Waals surface area contributed by atoms with Gasteiger partial charge in [-0.25, -0.2) is 8.42 Å². The summed E-state index contributed by atoms with van der Waals surface area (Å²) in [6, 6.07) is 9.75. The van der Waals surface area contributed by atoms with Crippen molar-refractivity contribution >= 4 is 26.4 Å². The Morgan fingerprint density at radius 1 is 1.20 bits per heavy atom. The lowest BCUT2D eigenvalue weighted by Crippen LogP contribution is -2.40. The molecule has 0 N–H and O–H groups in total. The molecule has 0 aliphatic carbocycles. The molecule has 1 aliphatic rings. The number of hydrogen-bond donors (Lipinski definition) is 0. The van der Waals surface area contributed by atoms with Crippen LogP contribution in [0.5, 0.6) is 0 Å². The van der Waals surface area contributed by atoms with Crippen molar-refractivity contribution in [2.24, 2.45) is 0 Å². The number of anilines is 1. The minimum atomic E-state index is -2.94. The first-order valence-corrected chi connectivity index (χ1v) is 8.16. The van der Waals surface area contributed by atoms with Crippen LogP contribution >= 0.6 is 0 Å². The fraction of sp³-hybridized carbons (Fsp3) is 0.286. The van der Waals surface area contributed by atoms with E-state index in [0.717, 1.165) is 16.6 Å². The Kier molecular flexibility index (Phi) is 3.07. The fourth-order valence-corrected chi connectivity index (χ4v) is 3.69. The first-order valence-electron chi connectivity index (χ1n) is 6.34. The Bertz CT molecular complexity index is 795. The lowest BCUT2D eigenvalue weighted by molar-refractivity contribution is 0.587. The number of benzene rings is 1. The number of nitriles is 1. The number of pyridine rings is 1. The molecule has 0 unspecified atom stereocenters. The summed E-state index contributed by atoms with van der Waals surface area (Å²) >= 11 is 0. The Morgan fingerprint density at radius 2 is 1.90 bits per heavy atom. The molecule has 0 saturated carbocycles. The van der Waals surface area contributed by atoms with Crippen LogP contribution in [0.3, 0.4) is 0 Å². The smallest absolute Gasteiger partial charge is 0.153 e. The van der Waals surface area contributed by atoms with Crippen molar-refractivity contribution in [1.82, 2.24) is 4.98 Å². The van der Waals surface area contributed by atoms with Crippen LogP contribution < -0.4 is 4.90 Å². The van der Waals surface area contributed by atoms with Crippen LogP contribution in [0.4, 0.5) is 5.69 Å². The molecule has 2 heterocycles. The third kappa shape index (κ3) is 2.21. The highest BCUT2D eigenvalue weighted by molar-refractivity contribution is 7.91. The van der Waals surface area contributed by atoms with Gasteiger partial charge in [0.05, 0.1) is 28.3 Å². The third-order valence-electron chi connectivity index (χ3n) is 3.53. The molecule has 20 heavy (non-hydrogen) atoms. The third-order valence-corrected chi connectivity index (χ3v) is 5.14. The van der Waals surface area contributed by atoms with E-state index in [4.69, 9.17) is 0 Å². The van der Waals surface area contributed by atoms with E-state index in [-0.39, 0.29) is 11.5 Å². The van der Waals surface area contributed by atoms with Gasteiger partial charge >= 0.3 is 0 Å². The van der Waals surface area contributed by atoms with Gasteiger partial charge in [-0.2, -0.15) is 5.26 Å². The summed E-state index contributed by atoms with van der Waals surface area (Å²) in [5.41, 5.74) is 2.10. The summed E-state index contributed by atoms with van der Waals surface area (Å²) < 4.78 is 23.1. The predicted octanol–water partition coefficient (Wildman–Crippen LogP) is 1.34. The van der Waals surface area contributed by atoms with Crippen LogP contribution in [0.1, 0.15) is 5.56 Å². The molecule has 0 radical (unpaired) electrons. The second-order valence-electron chi connectivity index (χ2n) is 4.79. The van der Waals surface area contributed by atoms with Crippen molar-refractivity contribution in [2.75, 3.05) is 29.5 Å². The Balaban J connectivity index is 2.13. The summed E-state index contributed by atoms with van der Waals surface area (Å²) in [5, 5.41) is 10.2. The minimum Gasteiger partial charge on any atom is -0.368 e. The Hall–Kier alpha value is -2.13. The molecule has 0 bridgehead atoms. The number of para-hydroxylation sites is 1. The lowest BCUT2D eigenvalue weighted by Gasteiger charge is -2.30. The van der Waals surface area contributed by atoms with E-state index in [1.54, 1.807) is 6.20 Å². The molecule has 1 aromatic carbocycles. The Labute approximate surface area is 117 Å². The fourth-order valence-electron chi connectivity index (χ4n) is 2.49. The van der Waals surface area contributed by atoms with Crippen LogP contribution in [0.25, 0.3) is 10.9 Å². The highest BCUT2D eigenvalue weighted by Gasteiger charge is 2.24.